The third-order valence-electron chi connectivity index (χ3n) is 3.86. The monoisotopic (exact) mass is 282 g/mol. The zero-order valence-corrected chi connectivity index (χ0v) is 11.5. The van der Waals surface area contributed by atoms with Crippen molar-refractivity contribution in [3.63, 3.8) is 0 Å². The van der Waals surface area contributed by atoms with E-state index in [0.29, 0.717) is 6.42 Å². The Morgan fingerprint density at radius 2 is 1.45 bits per heavy atom. The highest BCUT2D eigenvalue weighted by atomic mass is 16.5. The van der Waals surface area contributed by atoms with Gasteiger partial charge in [0.1, 0.15) is 24.4 Å². The molecule has 4 N–H and O–H groups in total. The maximum Gasteiger partial charge on any atom is 0.111 e. The first kappa shape index (κ1) is 15.4. The largest absolute Gasteiger partial charge is 0.394 e. The maximum absolute atomic E-state index is 9.97. The summed E-state index contributed by atoms with van der Waals surface area (Å²) in [7, 11) is 0. The molecule has 1 aliphatic heterocycles. The Balaban J connectivity index is 2.06. The van der Waals surface area contributed by atoms with E-state index >= 15 is 0 Å². The van der Waals surface area contributed by atoms with Crippen molar-refractivity contribution in [1.82, 2.24) is 0 Å². The molecule has 0 aliphatic carbocycles. The molecule has 1 saturated heterocycles. The maximum atomic E-state index is 9.97. The standard InChI is InChI=1S/C15H22O5/c1-2-9-3-5-10(6-4-9)7-11-13(17)15(19)14(18)12(8-16)20-11/h3-6,11-19H,2,7-8H2,1H3. The Kier molecular flexibility index (Phi) is 5.12. The van der Waals surface area contributed by atoms with Gasteiger partial charge in [-0.2, -0.15) is 0 Å². The molecule has 0 aromatic heterocycles. The lowest BCUT2D eigenvalue weighted by Crippen LogP contribution is -2.58. The number of hydrogen-bond acceptors (Lipinski definition) is 5. The summed E-state index contributed by atoms with van der Waals surface area (Å²) in [6.07, 6.45) is -3.87. The van der Waals surface area contributed by atoms with Crippen LogP contribution in [0.5, 0.6) is 0 Å². The van der Waals surface area contributed by atoms with Gasteiger partial charge >= 0.3 is 0 Å². The van der Waals surface area contributed by atoms with Crippen molar-refractivity contribution in [2.24, 2.45) is 0 Å². The molecule has 1 fully saturated rings. The summed E-state index contributed by atoms with van der Waals surface area (Å²) < 4.78 is 5.48. The third kappa shape index (κ3) is 3.19. The quantitative estimate of drug-likeness (QED) is 0.605. The van der Waals surface area contributed by atoms with Crippen LogP contribution in [0.4, 0.5) is 0 Å². The first-order valence-electron chi connectivity index (χ1n) is 6.95. The smallest absolute Gasteiger partial charge is 0.111 e. The third-order valence-corrected chi connectivity index (χ3v) is 3.86. The van der Waals surface area contributed by atoms with Gasteiger partial charge in [-0.1, -0.05) is 31.2 Å². The number of ether oxygens (including phenoxy) is 1. The Labute approximate surface area is 118 Å². The molecule has 1 aromatic rings. The molecule has 5 heteroatoms. The van der Waals surface area contributed by atoms with E-state index in [1.807, 2.05) is 24.3 Å². The molecule has 1 aromatic carbocycles. The van der Waals surface area contributed by atoms with Gasteiger partial charge in [0.25, 0.3) is 0 Å². The number of hydrogen-bond donors (Lipinski definition) is 4. The summed E-state index contributed by atoms with van der Waals surface area (Å²) in [5, 5.41) is 38.6. The Hall–Kier alpha value is -0.980. The van der Waals surface area contributed by atoms with Gasteiger partial charge in [-0.3, -0.25) is 0 Å². The van der Waals surface area contributed by atoms with Crippen LogP contribution in [0.15, 0.2) is 24.3 Å². The molecule has 5 atom stereocenters. The minimum absolute atomic E-state index is 0.393. The summed E-state index contributed by atoms with van der Waals surface area (Å²) in [4.78, 5) is 0. The minimum Gasteiger partial charge on any atom is -0.394 e. The molecule has 0 saturated carbocycles. The van der Waals surface area contributed by atoms with Crippen LogP contribution in [0.2, 0.25) is 0 Å². The lowest BCUT2D eigenvalue weighted by Gasteiger charge is -2.40. The van der Waals surface area contributed by atoms with Gasteiger partial charge in [0.2, 0.25) is 0 Å². The van der Waals surface area contributed by atoms with E-state index in [0.717, 1.165) is 12.0 Å². The highest BCUT2D eigenvalue weighted by molar-refractivity contribution is 5.23. The van der Waals surface area contributed by atoms with E-state index in [-0.39, 0.29) is 0 Å². The molecule has 20 heavy (non-hydrogen) atoms. The van der Waals surface area contributed by atoms with Crippen LogP contribution >= 0.6 is 0 Å². The molecule has 0 bridgehead atoms. The molecule has 0 radical (unpaired) electrons. The Morgan fingerprint density at radius 1 is 0.900 bits per heavy atom. The average molecular weight is 282 g/mol. The molecule has 5 unspecified atom stereocenters. The van der Waals surface area contributed by atoms with Crippen LogP contribution in [0, 0.1) is 0 Å². The van der Waals surface area contributed by atoms with E-state index in [4.69, 9.17) is 9.84 Å². The summed E-state index contributed by atoms with van der Waals surface area (Å²) >= 11 is 0. The minimum atomic E-state index is -1.30. The highest BCUT2D eigenvalue weighted by Gasteiger charge is 2.43. The SMILES string of the molecule is CCc1ccc(CC2OC(CO)C(O)C(O)C2O)cc1. The van der Waals surface area contributed by atoms with Gasteiger partial charge in [0.15, 0.2) is 0 Å². The fourth-order valence-electron chi connectivity index (χ4n) is 2.49. The zero-order valence-electron chi connectivity index (χ0n) is 11.5. The fourth-order valence-corrected chi connectivity index (χ4v) is 2.49. The van der Waals surface area contributed by atoms with Crippen LogP contribution in [0.3, 0.4) is 0 Å². The van der Waals surface area contributed by atoms with Gasteiger partial charge < -0.3 is 25.2 Å². The van der Waals surface area contributed by atoms with Gasteiger partial charge in [-0.25, -0.2) is 0 Å². The summed E-state index contributed by atoms with van der Waals surface area (Å²) in [5.74, 6) is 0. The van der Waals surface area contributed by atoms with Gasteiger partial charge in [0, 0.05) is 6.42 Å². The normalized spacial score (nSPS) is 34.1. The van der Waals surface area contributed by atoms with E-state index in [9.17, 15) is 15.3 Å². The van der Waals surface area contributed by atoms with Crippen molar-refractivity contribution in [3.8, 4) is 0 Å². The van der Waals surface area contributed by atoms with Crippen molar-refractivity contribution in [3.05, 3.63) is 35.4 Å². The number of rotatable bonds is 4. The highest BCUT2D eigenvalue weighted by Crippen LogP contribution is 2.23. The molecule has 5 nitrogen and oxygen atoms in total. The van der Waals surface area contributed by atoms with Crippen molar-refractivity contribution in [1.29, 1.82) is 0 Å². The number of benzene rings is 1. The van der Waals surface area contributed by atoms with Crippen LogP contribution in [0.1, 0.15) is 18.1 Å². The van der Waals surface area contributed by atoms with E-state index in [1.165, 1.54) is 5.56 Å². The second-order valence-electron chi connectivity index (χ2n) is 5.24. The van der Waals surface area contributed by atoms with Gasteiger partial charge in [-0.15, -0.1) is 0 Å². The summed E-state index contributed by atoms with van der Waals surface area (Å²) in [5.41, 5.74) is 2.20. The molecule has 1 aliphatic rings. The molecule has 0 amide bonds. The van der Waals surface area contributed by atoms with E-state index < -0.39 is 37.1 Å². The fraction of sp³-hybridized carbons (Fsp3) is 0.600. The number of aliphatic hydroxyl groups is 4. The first-order chi connectivity index (χ1) is 9.56. The van der Waals surface area contributed by atoms with Crippen LogP contribution in [0.25, 0.3) is 0 Å². The van der Waals surface area contributed by atoms with Crippen molar-refractivity contribution in [2.45, 2.75) is 50.3 Å². The van der Waals surface area contributed by atoms with Gasteiger partial charge in [-0.05, 0) is 17.5 Å². The summed E-state index contributed by atoms with van der Waals surface area (Å²) in [6, 6.07) is 7.94. The molecule has 112 valence electrons. The van der Waals surface area contributed by atoms with Crippen molar-refractivity contribution < 1.29 is 25.2 Å². The van der Waals surface area contributed by atoms with Gasteiger partial charge in [0.05, 0.1) is 12.7 Å². The Morgan fingerprint density at radius 3 is 2.00 bits per heavy atom. The second kappa shape index (κ2) is 6.65. The predicted molar refractivity (Wildman–Crippen MR) is 73.3 cm³/mol. The molecule has 0 spiro atoms. The molecular weight excluding hydrogens is 260 g/mol. The van der Waals surface area contributed by atoms with Crippen molar-refractivity contribution >= 4 is 0 Å². The average Bonchev–Trinajstić information content (AvgIpc) is 2.48. The summed E-state index contributed by atoms with van der Waals surface area (Å²) in [6.45, 7) is 1.68. The van der Waals surface area contributed by atoms with Crippen LogP contribution in [-0.4, -0.2) is 57.6 Å². The predicted octanol–water partition coefficient (Wildman–Crippen LogP) is -0.366. The lowest BCUT2D eigenvalue weighted by atomic mass is 9.91. The van der Waals surface area contributed by atoms with Crippen LogP contribution in [-0.2, 0) is 17.6 Å². The second-order valence-corrected chi connectivity index (χ2v) is 5.24. The lowest BCUT2D eigenvalue weighted by molar-refractivity contribution is -0.228. The van der Waals surface area contributed by atoms with Crippen LogP contribution < -0.4 is 0 Å². The zero-order chi connectivity index (χ0) is 14.7. The Bertz CT molecular complexity index is 417. The van der Waals surface area contributed by atoms with E-state index in [2.05, 4.69) is 6.92 Å². The topological polar surface area (TPSA) is 90.2 Å². The number of aryl methyl sites for hydroxylation is 1. The molecule has 1 heterocycles. The van der Waals surface area contributed by atoms with Crippen molar-refractivity contribution in [2.75, 3.05) is 6.61 Å². The first-order valence-corrected chi connectivity index (χ1v) is 6.95. The molecular formula is C15H22O5. The molecule has 2 rings (SSSR count). The number of aliphatic hydroxyl groups excluding tert-OH is 4. The van der Waals surface area contributed by atoms with E-state index in [1.54, 1.807) is 0 Å².